The average Bonchev–Trinajstić information content (AvgIpc) is 2.85. The molecular weight excluding hydrogens is 322 g/mol. The van der Waals surface area contributed by atoms with E-state index >= 15 is 0 Å². The molecule has 0 radical (unpaired) electrons. The third kappa shape index (κ3) is 4.71. The van der Waals surface area contributed by atoms with E-state index in [2.05, 4.69) is 20.8 Å². The van der Waals surface area contributed by atoms with Crippen LogP contribution in [0, 0.1) is 13.8 Å². The third-order valence-corrected chi connectivity index (χ3v) is 4.52. The Labute approximate surface area is 135 Å². The zero-order valence-corrected chi connectivity index (χ0v) is 13.7. The molecule has 1 heterocycles. The van der Waals surface area contributed by atoms with Crippen LogP contribution in [0.5, 0.6) is 0 Å². The Morgan fingerprint density at radius 2 is 2.09 bits per heavy atom. The summed E-state index contributed by atoms with van der Waals surface area (Å²) in [4.78, 5) is 23.5. The number of rotatable bonds is 4. The Morgan fingerprint density at radius 1 is 1.32 bits per heavy atom. The standard InChI is InChI=1S/C13H15N5O2S2/c1-7-3-4-9(8(2)5-7)15-12(20)16-10(19)6-21-13-18-17-11(14)22-13/h3-5H,6H2,1-2H3,(H2,14,17)(H2,15,16,19,20). The molecule has 0 fully saturated rings. The lowest BCUT2D eigenvalue weighted by Crippen LogP contribution is -2.35. The Morgan fingerprint density at radius 3 is 2.73 bits per heavy atom. The van der Waals surface area contributed by atoms with Crippen LogP contribution in [0.1, 0.15) is 11.1 Å². The summed E-state index contributed by atoms with van der Waals surface area (Å²) in [5, 5.41) is 12.7. The lowest BCUT2D eigenvalue weighted by molar-refractivity contribution is -0.117. The first-order chi connectivity index (χ1) is 10.4. The lowest BCUT2D eigenvalue weighted by Gasteiger charge is -2.09. The molecule has 0 unspecified atom stereocenters. The van der Waals surface area contributed by atoms with E-state index in [9.17, 15) is 9.59 Å². The molecule has 0 aliphatic carbocycles. The maximum absolute atomic E-state index is 11.8. The molecule has 116 valence electrons. The Bertz CT molecular complexity index is 701. The van der Waals surface area contributed by atoms with Crippen molar-refractivity contribution in [3.8, 4) is 0 Å². The first-order valence-corrected chi connectivity index (χ1v) is 8.14. The van der Waals surface area contributed by atoms with Gasteiger partial charge in [-0.3, -0.25) is 10.1 Å². The van der Waals surface area contributed by atoms with Gasteiger partial charge in [0.15, 0.2) is 4.34 Å². The monoisotopic (exact) mass is 337 g/mol. The fourth-order valence-corrected chi connectivity index (χ4v) is 3.11. The molecule has 2 rings (SSSR count). The molecule has 1 aromatic heterocycles. The van der Waals surface area contributed by atoms with Gasteiger partial charge in [-0.1, -0.05) is 40.8 Å². The third-order valence-electron chi connectivity index (χ3n) is 2.63. The Balaban J connectivity index is 1.82. The highest BCUT2D eigenvalue weighted by Gasteiger charge is 2.11. The molecule has 0 spiro atoms. The zero-order valence-electron chi connectivity index (χ0n) is 12.0. The molecule has 0 aliphatic heterocycles. The fourth-order valence-electron chi connectivity index (χ4n) is 1.68. The zero-order chi connectivity index (χ0) is 16.1. The quantitative estimate of drug-likeness (QED) is 0.738. The lowest BCUT2D eigenvalue weighted by atomic mass is 10.1. The number of nitrogens with zero attached hydrogens (tertiary/aromatic N) is 2. The highest BCUT2D eigenvalue weighted by atomic mass is 32.2. The summed E-state index contributed by atoms with van der Waals surface area (Å²) >= 11 is 2.37. The van der Waals surface area contributed by atoms with Gasteiger partial charge in [0, 0.05) is 5.69 Å². The van der Waals surface area contributed by atoms with Gasteiger partial charge in [-0.05, 0) is 25.5 Å². The van der Waals surface area contributed by atoms with Crippen molar-refractivity contribution in [1.29, 1.82) is 0 Å². The number of hydrogen-bond donors (Lipinski definition) is 3. The van der Waals surface area contributed by atoms with Gasteiger partial charge in [-0.15, -0.1) is 10.2 Å². The number of aromatic nitrogens is 2. The molecule has 9 heteroatoms. The van der Waals surface area contributed by atoms with Crippen molar-refractivity contribution >= 4 is 45.9 Å². The largest absolute Gasteiger partial charge is 0.374 e. The Kier molecular flexibility index (Phi) is 5.34. The van der Waals surface area contributed by atoms with Crippen LogP contribution >= 0.6 is 23.1 Å². The number of urea groups is 1. The second kappa shape index (κ2) is 7.23. The Hall–Kier alpha value is -2.13. The molecule has 1 aromatic carbocycles. The number of thioether (sulfide) groups is 1. The van der Waals surface area contributed by atoms with Crippen LogP contribution in [0.3, 0.4) is 0 Å². The van der Waals surface area contributed by atoms with E-state index in [1.54, 1.807) is 6.07 Å². The average molecular weight is 337 g/mol. The SMILES string of the molecule is Cc1ccc(NC(=O)NC(=O)CSc2nnc(N)s2)c(C)c1. The molecule has 0 aliphatic rings. The van der Waals surface area contributed by atoms with Crippen LogP contribution in [0.4, 0.5) is 15.6 Å². The first kappa shape index (κ1) is 16.2. The normalized spacial score (nSPS) is 10.3. The van der Waals surface area contributed by atoms with Gasteiger partial charge in [0.25, 0.3) is 0 Å². The molecule has 3 amide bonds. The van der Waals surface area contributed by atoms with Crippen molar-refractivity contribution in [1.82, 2.24) is 15.5 Å². The van der Waals surface area contributed by atoms with Crippen molar-refractivity contribution in [3.63, 3.8) is 0 Å². The maximum atomic E-state index is 11.8. The number of anilines is 2. The number of nitrogens with two attached hydrogens (primary N) is 1. The van der Waals surface area contributed by atoms with Gasteiger partial charge in [-0.2, -0.15) is 0 Å². The van der Waals surface area contributed by atoms with E-state index in [-0.39, 0.29) is 5.75 Å². The highest BCUT2D eigenvalue weighted by molar-refractivity contribution is 8.01. The predicted octanol–water partition coefficient (Wildman–Crippen LogP) is 2.18. The predicted molar refractivity (Wildman–Crippen MR) is 88.1 cm³/mol. The summed E-state index contributed by atoms with van der Waals surface area (Å²) in [7, 11) is 0. The van der Waals surface area contributed by atoms with Crippen LogP contribution in [0.15, 0.2) is 22.5 Å². The topological polar surface area (TPSA) is 110 Å². The number of amides is 3. The van der Waals surface area contributed by atoms with Gasteiger partial charge in [0.05, 0.1) is 5.75 Å². The molecule has 22 heavy (non-hydrogen) atoms. The van der Waals surface area contributed by atoms with Crippen LogP contribution in [-0.2, 0) is 4.79 Å². The molecule has 0 saturated carbocycles. The van der Waals surface area contributed by atoms with Crippen LogP contribution < -0.4 is 16.4 Å². The smallest absolute Gasteiger partial charge is 0.325 e. The summed E-state index contributed by atoms with van der Waals surface area (Å²) in [6, 6.07) is 5.08. The van der Waals surface area contributed by atoms with Gasteiger partial charge < -0.3 is 11.1 Å². The van der Waals surface area contributed by atoms with Crippen LogP contribution in [0.25, 0.3) is 0 Å². The molecule has 4 N–H and O–H groups in total. The summed E-state index contributed by atoms with van der Waals surface area (Å²) in [5.74, 6) is -0.351. The van der Waals surface area contributed by atoms with E-state index in [1.807, 2.05) is 26.0 Å². The molecular formula is C13H15N5O2S2. The van der Waals surface area contributed by atoms with Gasteiger partial charge in [-0.25, -0.2) is 4.79 Å². The summed E-state index contributed by atoms with van der Waals surface area (Å²) in [5.41, 5.74) is 8.15. The van der Waals surface area contributed by atoms with Crippen LogP contribution in [0.2, 0.25) is 0 Å². The summed E-state index contributed by atoms with van der Waals surface area (Å²) < 4.78 is 0.586. The van der Waals surface area contributed by atoms with Crippen molar-refractivity contribution < 1.29 is 9.59 Å². The second-order valence-electron chi connectivity index (χ2n) is 4.52. The molecule has 0 saturated heterocycles. The molecule has 0 atom stereocenters. The minimum Gasteiger partial charge on any atom is -0.374 e. The van der Waals surface area contributed by atoms with Gasteiger partial charge in [0.2, 0.25) is 11.0 Å². The molecule has 0 bridgehead atoms. The number of imide groups is 1. The molecule has 2 aromatic rings. The van der Waals surface area contributed by atoms with Crippen molar-refractivity contribution in [2.24, 2.45) is 0 Å². The van der Waals surface area contributed by atoms with Crippen molar-refractivity contribution in [2.45, 2.75) is 18.2 Å². The number of nitrogen functional groups attached to an aromatic ring is 1. The fraction of sp³-hybridized carbons (Fsp3) is 0.231. The van der Waals surface area contributed by atoms with E-state index in [4.69, 9.17) is 5.73 Å². The number of carbonyl (C=O) groups excluding carboxylic acids is 2. The first-order valence-electron chi connectivity index (χ1n) is 6.34. The minimum atomic E-state index is -0.561. The summed E-state index contributed by atoms with van der Waals surface area (Å²) in [6.07, 6.45) is 0. The number of carbonyl (C=O) groups is 2. The van der Waals surface area contributed by atoms with Crippen LogP contribution in [-0.4, -0.2) is 27.9 Å². The number of benzene rings is 1. The highest BCUT2D eigenvalue weighted by Crippen LogP contribution is 2.23. The van der Waals surface area contributed by atoms with E-state index < -0.39 is 11.9 Å². The maximum Gasteiger partial charge on any atom is 0.325 e. The van der Waals surface area contributed by atoms with Gasteiger partial charge >= 0.3 is 6.03 Å². The second-order valence-corrected chi connectivity index (χ2v) is 6.75. The van der Waals surface area contributed by atoms with Gasteiger partial charge in [0.1, 0.15) is 0 Å². The van der Waals surface area contributed by atoms with E-state index in [0.717, 1.165) is 11.1 Å². The number of aryl methyl sites for hydroxylation is 2. The minimum absolute atomic E-state index is 0.0644. The summed E-state index contributed by atoms with van der Waals surface area (Å²) in [6.45, 7) is 3.86. The van der Waals surface area contributed by atoms with Crippen molar-refractivity contribution in [2.75, 3.05) is 16.8 Å². The van der Waals surface area contributed by atoms with Crippen molar-refractivity contribution in [3.05, 3.63) is 29.3 Å². The van der Waals surface area contributed by atoms with E-state index in [1.165, 1.54) is 23.1 Å². The molecule has 7 nitrogen and oxygen atoms in total. The number of hydrogen-bond acceptors (Lipinski definition) is 7. The number of nitrogens with one attached hydrogen (secondary N) is 2. The van der Waals surface area contributed by atoms with E-state index in [0.29, 0.717) is 15.2 Å².